The van der Waals surface area contributed by atoms with Gasteiger partial charge in [0, 0.05) is 6.04 Å². The monoisotopic (exact) mass is 240 g/mol. The maximum absolute atomic E-state index is 11.4. The maximum Gasteiger partial charge on any atom is 0.234 e. The van der Waals surface area contributed by atoms with Crippen molar-refractivity contribution in [1.29, 1.82) is 0 Å². The minimum absolute atomic E-state index is 0.0618. The van der Waals surface area contributed by atoms with E-state index in [9.17, 15) is 4.79 Å². The third kappa shape index (κ3) is 7.34. The molecule has 0 spiro atoms. The third-order valence-electron chi connectivity index (χ3n) is 3.01. The van der Waals surface area contributed by atoms with Gasteiger partial charge in [-0.05, 0) is 44.7 Å². The Morgan fingerprint density at radius 3 is 3.00 bits per heavy atom. The zero-order valence-electron chi connectivity index (χ0n) is 11.1. The lowest BCUT2D eigenvalue weighted by Crippen LogP contribution is -2.34. The molecule has 0 aromatic carbocycles. The van der Waals surface area contributed by atoms with Gasteiger partial charge in [0.15, 0.2) is 0 Å². The first kappa shape index (κ1) is 14.5. The van der Waals surface area contributed by atoms with E-state index in [0.717, 1.165) is 25.9 Å². The summed E-state index contributed by atoms with van der Waals surface area (Å²) in [6.45, 7) is 8.70. The van der Waals surface area contributed by atoms with Crippen molar-refractivity contribution in [2.45, 2.75) is 45.6 Å². The van der Waals surface area contributed by atoms with Crippen molar-refractivity contribution in [3.05, 3.63) is 6.54 Å². The van der Waals surface area contributed by atoms with Crippen LogP contribution in [-0.4, -0.2) is 31.6 Å². The van der Waals surface area contributed by atoms with Crippen molar-refractivity contribution < 1.29 is 4.79 Å². The highest BCUT2D eigenvalue weighted by Crippen LogP contribution is 2.08. The highest BCUT2D eigenvalue weighted by molar-refractivity contribution is 5.78. The SMILES string of the molecule is CC(C)CCNCC(=O)N[CH]CC1CCCN1. The molecule has 1 fully saturated rings. The van der Waals surface area contributed by atoms with Crippen molar-refractivity contribution >= 4 is 5.91 Å². The highest BCUT2D eigenvalue weighted by atomic mass is 16.1. The van der Waals surface area contributed by atoms with E-state index in [1.165, 1.54) is 12.8 Å². The number of hydrogen-bond donors (Lipinski definition) is 3. The van der Waals surface area contributed by atoms with E-state index in [1.54, 1.807) is 0 Å². The first-order valence-electron chi connectivity index (χ1n) is 6.73. The Morgan fingerprint density at radius 2 is 2.35 bits per heavy atom. The molecule has 1 unspecified atom stereocenters. The first-order valence-corrected chi connectivity index (χ1v) is 6.73. The predicted octanol–water partition coefficient (Wildman–Crippen LogP) is 1.04. The van der Waals surface area contributed by atoms with Crippen LogP contribution in [0, 0.1) is 12.5 Å². The van der Waals surface area contributed by atoms with Crippen LogP contribution >= 0.6 is 0 Å². The summed E-state index contributed by atoms with van der Waals surface area (Å²) in [4.78, 5) is 11.4. The van der Waals surface area contributed by atoms with E-state index in [-0.39, 0.29) is 5.91 Å². The normalized spacial score (nSPS) is 19.8. The molecule has 0 aromatic rings. The van der Waals surface area contributed by atoms with Gasteiger partial charge < -0.3 is 16.0 Å². The molecular formula is C13H26N3O. The van der Waals surface area contributed by atoms with E-state index in [1.807, 2.05) is 6.54 Å². The number of carbonyl (C=O) groups is 1. The molecule has 1 amide bonds. The summed E-state index contributed by atoms with van der Waals surface area (Å²) < 4.78 is 0. The van der Waals surface area contributed by atoms with E-state index < -0.39 is 0 Å². The maximum atomic E-state index is 11.4. The van der Waals surface area contributed by atoms with Crippen molar-refractivity contribution in [1.82, 2.24) is 16.0 Å². The fourth-order valence-corrected chi connectivity index (χ4v) is 1.92. The second-order valence-electron chi connectivity index (χ2n) is 5.16. The molecule has 3 N–H and O–H groups in total. The Hall–Kier alpha value is -0.610. The summed E-state index contributed by atoms with van der Waals surface area (Å²) >= 11 is 0. The van der Waals surface area contributed by atoms with Crippen LogP contribution in [0.4, 0.5) is 0 Å². The van der Waals surface area contributed by atoms with Crippen LogP contribution in [0.1, 0.15) is 39.5 Å². The number of rotatable bonds is 8. The Kier molecular flexibility index (Phi) is 7.21. The Balaban J connectivity index is 1.90. The van der Waals surface area contributed by atoms with Gasteiger partial charge in [-0.1, -0.05) is 13.8 Å². The lowest BCUT2D eigenvalue weighted by Gasteiger charge is -2.11. The van der Waals surface area contributed by atoms with Gasteiger partial charge in [0.1, 0.15) is 0 Å². The lowest BCUT2D eigenvalue weighted by molar-refractivity contribution is -0.119. The smallest absolute Gasteiger partial charge is 0.234 e. The van der Waals surface area contributed by atoms with Crippen LogP contribution in [0.25, 0.3) is 0 Å². The summed E-state index contributed by atoms with van der Waals surface area (Å²) in [7, 11) is 0. The molecule has 17 heavy (non-hydrogen) atoms. The molecule has 1 aliphatic heterocycles. The zero-order chi connectivity index (χ0) is 12.5. The summed E-state index contributed by atoms with van der Waals surface area (Å²) in [5, 5.41) is 9.38. The average Bonchev–Trinajstić information content (AvgIpc) is 2.77. The molecule has 1 aliphatic rings. The van der Waals surface area contributed by atoms with Crippen LogP contribution in [0.2, 0.25) is 0 Å². The topological polar surface area (TPSA) is 53.2 Å². The van der Waals surface area contributed by atoms with Gasteiger partial charge in [-0.3, -0.25) is 4.79 Å². The molecule has 0 aliphatic carbocycles. The second-order valence-corrected chi connectivity index (χ2v) is 5.16. The van der Waals surface area contributed by atoms with Crippen LogP contribution in [0.5, 0.6) is 0 Å². The third-order valence-corrected chi connectivity index (χ3v) is 3.01. The zero-order valence-corrected chi connectivity index (χ0v) is 11.1. The van der Waals surface area contributed by atoms with Crippen LogP contribution < -0.4 is 16.0 Å². The molecule has 4 heteroatoms. The number of hydrogen-bond acceptors (Lipinski definition) is 3. The Labute approximate surface area is 105 Å². The fraction of sp³-hybridized carbons (Fsp3) is 0.846. The summed E-state index contributed by atoms with van der Waals surface area (Å²) in [5.74, 6) is 0.748. The molecule has 1 rings (SSSR count). The molecule has 99 valence electrons. The average molecular weight is 240 g/mol. The fourth-order valence-electron chi connectivity index (χ4n) is 1.92. The van der Waals surface area contributed by atoms with Gasteiger partial charge in [0.05, 0.1) is 13.1 Å². The van der Waals surface area contributed by atoms with E-state index in [4.69, 9.17) is 0 Å². The molecule has 1 atom stereocenters. The predicted molar refractivity (Wildman–Crippen MR) is 70.4 cm³/mol. The minimum Gasteiger partial charge on any atom is -0.350 e. The number of carbonyl (C=O) groups excluding carboxylic acids is 1. The van der Waals surface area contributed by atoms with Gasteiger partial charge in [-0.25, -0.2) is 0 Å². The minimum atomic E-state index is 0.0618. The molecule has 4 nitrogen and oxygen atoms in total. The summed E-state index contributed by atoms with van der Waals surface area (Å²) in [6, 6.07) is 0.559. The number of nitrogens with one attached hydrogen (secondary N) is 3. The van der Waals surface area contributed by atoms with Gasteiger partial charge in [-0.15, -0.1) is 0 Å². The van der Waals surface area contributed by atoms with E-state index in [0.29, 0.717) is 18.5 Å². The first-order chi connectivity index (χ1) is 8.18. The molecule has 1 radical (unpaired) electrons. The van der Waals surface area contributed by atoms with Crippen LogP contribution in [0.3, 0.4) is 0 Å². The molecule has 0 bridgehead atoms. The quantitative estimate of drug-likeness (QED) is 0.556. The molecular weight excluding hydrogens is 214 g/mol. The molecule has 1 heterocycles. The van der Waals surface area contributed by atoms with Gasteiger partial charge >= 0.3 is 0 Å². The van der Waals surface area contributed by atoms with Gasteiger partial charge in [0.2, 0.25) is 5.91 Å². The second kappa shape index (κ2) is 8.48. The van der Waals surface area contributed by atoms with Gasteiger partial charge in [-0.2, -0.15) is 0 Å². The Morgan fingerprint density at radius 1 is 1.53 bits per heavy atom. The number of amides is 1. The summed E-state index contributed by atoms with van der Waals surface area (Å²) in [6.07, 6.45) is 4.52. The van der Waals surface area contributed by atoms with Crippen LogP contribution in [0.15, 0.2) is 0 Å². The van der Waals surface area contributed by atoms with E-state index >= 15 is 0 Å². The summed E-state index contributed by atoms with van der Waals surface area (Å²) in [5.41, 5.74) is 0. The van der Waals surface area contributed by atoms with Gasteiger partial charge in [0.25, 0.3) is 0 Å². The van der Waals surface area contributed by atoms with Crippen molar-refractivity contribution in [2.24, 2.45) is 5.92 Å². The lowest BCUT2D eigenvalue weighted by atomic mass is 10.1. The molecule has 1 saturated heterocycles. The van der Waals surface area contributed by atoms with Crippen molar-refractivity contribution in [3.63, 3.8) is 0 Å². The largest absolute Gasteiger partial charge is 0.350 e. The highest BCUT2D eigenvalue weighted by Gasteiger charge is 2.13. The molecule has 0 saturated carbocycles. The van der Waals surface area contributed by atoms with Crippen molar-refractivity contribution in [2.75, 3.05) is 19.6 Å². The van der Waals surface area contributed by atoms with Crippen LogP contribution in [-0.2, 0) is 4.79 Å². The van der Waals surface area contributed by atoms with E-state index in [2.05, 4.69) is 29.8 Å². The standard InChI is InChI=1S/C13H26N3O/c1-11(2)5-8-14-10-13(17)16-9-6-12-4-3-7-15-12/h9,11-12,14-15H,3-8,10H2,1-2H3,(H,16,17). The molecule has 0 aromatic heterocycles. The Bertz CT molecular complexity index is 213. The van der Waals surface area contributed by atoms with Crippen molar-refractivity contribution in [3.8, 4) is 0 Å².